The number of ether oxygens (including phenoxy) is 1. The molecule has 3 nitrogen and oxygen atoms in total. The zero-order chi connectivity index (χ0) is 10.3. The number of esters is 1. The summed E-state index contributed by atoms with van der Waals surface area (Å²) in [6.45, 7) is 10.0. The molecule has 0 fully saturated rings. The standard InChI is InChI=1S/C10H21NO2/c1-5-11-7-9(8(3)4)10(12)13-6-2/h8-9,11H,5-7H2,1-4H3. The number of carbonyl (C=O) groups excluding carboxylic acids is 1. The summed E-state index contributed by atoms with van der Waals surface area (Å²) in [5.74, 6) is 0.233. The topological polar surface area (TPSA) is 38.3 Å². The van der Waals surface area contributed by atoms with E-state index in [9.17, 15) is 4.79 Å². The Labute approximate surface area is 80.8 Å². The van der Waals surface area contributed by atoms with Gasteiger partial charge in [-0.3, -0.25) is 4.79 Å². The van der Waals surface area contributed by atoms with Gasteiger partial charge in [0, 0.05) is 6.54 Å². The van der Waals surface area contributed by atoms with Crippen LogP contribution >= 0.6 is 0 Å². The maximum Gasteiger partial charge on any atom is 0.310 e. The first kappa shape index (κ1) is 12.4. The largest absolute Gasteiger partial charge is 0.466 e. The van der Waals surface area contributed by atoms with E-state index < -0.39 is 0 Å². The van der Waals surface area contributed by atoms with Crippen LogP contribution in [0.3, 0.4) is 0 Å². The summed E-state index contributed by atoms with van der Waals surface area (Å²) < 4.78 is 4.98. The van der Waals surface area contributed by atoms with E-state index in [4.69, 9.17) is 4.74 Å². The van der Waals surface area contributed by atoms with E-state index in [1.807, 2.05) is 27.7 Å². The fourth-order valence-corrected chi connectivity index (χ4v) is 1.14. The Bertz CT molecular complexity index is 146. The van der Waals surface area contributed by atoms with E-state index in [0.717, 1.165) is 6.54 Å². The van der Waals surface area contributed by atoms with Gasteiger partial charge in [-0.1, -0.05) is 20.8 Å². The van der Waals surface area contributed by atoms with Crippen LogP contribution in [0.1, 0.15) is 27.7 Å². The number of hydrogen-bond donors (Lipinski definition) is 1. The summed E-state index contributed by atoms with van der Waals surface area (Å²) >= 11 is 0. The molecule has 0 amide bonds. The molecule has 0 heterocycles. The molecule has 0 saturated carbocycles. The van der Waals surface area contributed by atoms with Crippen LogP contribution in [0.5, 0.6) is 0 Å². The number of rotatable bonds is 6. The molecule has 1 unspecified atom stereocenters. The van der Waals surface area contributed by atoms with Crippen LogP contribution in [0, 0.1) is 11.8 Å². The van der Waals surface area contributed by atoms with Gasteiger partial charge in [0.2, 0.25) is 0 Å². The minimum Gasteiger partial charge on any atom is -0.466 e. The van der Waals surface area contributed by atoms with Gasteiger partial charge in [0.25, 0.3) is 0 Å². The highest BCUT2D eigenvalue weighted by Gasteiger charge is 2.22. The minimum atomic E-state index is -0.0848. The second-order valence-electron chi connectivity index (χ2n) is 3.41. The molecule has 78 valence electrons. The zero-order valence-electron chi connectivity index (χ0n) is 9.09. The summed E-state index contributed by atoms with van der Waals surface area (Å²) in [6.07, 6.45) is 0. The lowest BCUT2D eigenvalue weighted by atomic mass is 9.96. The Kier molecular flexibility index (Phi) is 6.59. The molecule has 3 heteroatoms. The number of nitrogens with one attached hydrogen (secondary N) is 1. The molecule has 0 aliphatic rings. The molecule has 0 rings (SSSR count). The summed E-state index contributed by atoms with van der Waals surface area (Å²) in [4.78, 5) is 11.4. The van der Waals surface area contributed by atoms with Gasteiger partial charge in [-0.25, -0.2) is 0 Å². The Balaban J connectivity index is 3.99. The third kappa shape index (κ3) is 4.88. The molecular weight excluding hydrogens is 166 g/mol. The third-order valence-electron chi connectivity index (χ3n) is 2.01. The van der Waals surface area contributed by atoms with Crippen LogP contribution in [-0.4, -0.2) is 25.7 Å². The molecule has 1 N–H and O–H groups in total. The van der Waals surface area contributed by atoms with Crippen molar-refractivity contribution in [3.05, 3.63) is 0 Å². The van der Waals surface area contributed by atoms with E-state index in [2.05, 4.69) is 5.32 Å². The van der Waals surface area contributed by atoms with Crippen LogP contribution in [0.15, 0.2) is 0 Å². The van der Waals surface area contributed by atoms with Gasteiger partial charge >= 0.3 is 5.97 Å². The third-order valence-corrected chi connectivity index (χ3v) is 2.01. The van der Waals surface area contributed by atoms with Gasteiger partial charge in [0.05, 0.1) is 12.5 Å². The highest BCUT2D eigenvalue weighted by molar-refractivity contribution is 5.72. The number of carbonyl (C=O) groups is 1. The second kappa shape index (κ2) is 6.89. The maximum absolute atomic E-state index is 11.4. The van der Waals surface area contributed by atoms with Crippen LogP contribution < -0.4 is 5.32 Å². The molecule has 0 spiro atoms. The molecule has 0 saturated heterocycles. The highest BCUT2D eigenvalue weighted by Crippen LogP contribution is 2.11. The minimum absolute atomic E-state index is 0.0140. The van der Waals surface area contributed by atoms with E-state index in [1.54, 1.807) is 0 Å². The van der Waals surface area contributed by atoms with E-state index in [-0.39, 0.29) is 11.9 Å². The lowest BCUT2D eigenvalue weighted by Gasteiger charge is -2.18. The Morgan fingerprint density at radius 3 is 2.38 bits per heavy atom. The Morgan fingerprint density at radius 2 is 2.00 bits per heavy atom. The first-order valence-corrected chi connectivity index (χ1v) is 5.00. The molecule has 0 aliphatic heterocycles. The predicted molar refractivity (Wildman–Crippen MR) is 53.5 cm³/mol. The smallest absolute Gasteiger partial charge is 0.310 e. The molecule has 1 atom stereocenters. The molecule has 13 heavy (non-hydrogen) atoms. The van der Waals surface area contributed by atoms with Crippen molar-refractivity contribution in [1.82, 2.24) is 5.32 Å². The zero-order valence-corrected chi connectivity index (χ0v) is 9.09. The van der Waals surface area contributed by atoms with Crippen molar-refractivity contribution in [1.29, 1.82) is 0 Å². The van der Waals surface area contributed by atoms with E-state index >= 15 is 0 Å². The molecule has 0 aromatic heterocycles. The van der Waals surface area contributed by atoms with Crippen LogP contribution in [-0.2, 0) is 9.53 Å². The normalized spacial score (nSPS) is 13.0. The molecule has 0 radical (unpaired) electrons. The first-order valence-electron chi connectivity index (χ1n) is 5.00. The van der Waals surface area contributed by atoms with Crippen molar-refractivity contribution in [3.8, 4) is 0 Å². The molecular formula is C10H21NO2. The predicted octanol–water partition coefficient (Wildman–Crippen LogP) is 1.43. The lowest BCUT2D eigenvalue weighted by molar-refractivity contribution is -0.149. The summed E-state index contributed by atoms with van der Waals surface area (Å²) in [6, 6.07) is 0. The van der Waals surface area contributed by atoms with Crippen LogP contribution in [0.4, 0.5) is 0 Å². The highest BCUT2D eigenvalue weighted by atomic mass is 16.5. The van der Waals surface area contributed by atoms with E-state index in [0.29, 0.717) is 19.1 Å². The molecule has 0 aromatic carbocycles. The van der Waals surface area contributed by atoms with Crippen LogP contribution in [0.25, 0.3) is 0 Å². The van der Waals surface area contributed by atoms with Gasteiger partial charge < -0.3 is 10.1 Å². The average molecular weight is 187 g/mol. The summed E-state index contributed by atoms with van der Waals surface area (Å²) in [5.41, 5.74) is 0. The van der Waals surface area contributed by atoms with Gasteiger partial charge in [-0.15, -0.1) is 0 Å². The molecule has 0 aromatic rings. The summed E-state index contributed by atoms with van der Waals surface area (Å²) in [7, 11) is 0. The fraction of sp³-hybridized carbons (Fsp3) is 0.900. The van der Waals surface area contributed by atoms with Crippen molar-refractivity contribution >= 4 is 5.97 Å². The average Bonchev–Trinajstić information content (AvgIpc) is 2.05. The monoisotopic (exact) mass is 187 g/mol. The van der Waals surface area contributed by atoms with Crippen molar-refractivity contribution in [3.63, 3.8) is 0 Å². The Hall–Kier alpha value is -0.570. The number of hydrogen-bond acceptors (Lipinski definition) is 3. The fourth-order valence-electron chi connectivity index (χ4n) is 1.14. The van der Waals surface area contributed by atoms with E-state index in [1.165, 1.54) is 0 Å². The Morgan fingerprint density at radius 1 is 1.38 bits per heavy atom. The molecule has 0 aliphatic carbocycles. The van der Waals surface area contributed by atoms with Crippen LogP contribution in [0.2, 0.25) is 0 Å². The SMILES string of the molecule is CCNCC(C(=O)OCC)C(C)C. The van der Waals surface area contributed by atoms with Gasteiger partial charge in [0.15, 0.2) is 0 Å². The van der Waals surface area contributed by atoms with Crippen molar-refractivity contribution < 1.29 is 9.53 Å². The molecule has 0 bridgehead atoms. The summed E-state index contributed by atoms with van der Waals surface area (Å²) in [5, 5.41) is 3.17. The maximum atomic E-state index is 11.4. The first-order chi connectivity index (χ1) is 6.13. The quantitative estimate of drug-likeness (QED) is 0.639. The van der Waals surface area contributed by atoms with Gasteiger partial charge in [-0.05, 0) is 19.4 Å². The lowest BCUT2D eigenvalue weighted by Crippen LogP contribution is -2.33. The van der Waals surface area contributed by atoms with Crippen molar-refractivity contribution in [2.24, 2.45) is 11.8 Å². The van der Waals surface area contributed by atoms with Crippen molar-refractivity contribution in [2.75, 3.05) is 19.7 Å². The van der Waals surface area contributed by atoms with Gasteiger partial charge in [0.1, 0.15) is 0 Å². The van der Waals surface area contributed by atoms with Gasteiger partial charge in [-0.2, -0.15) is 0 Å². The van der Waals surface area contributed by atoms with Crippen molar-refractivity contribution in [2.45, 2.75) is 27.7 Å². The second-order valence-corrected chi connectivity index (χ2v) is 3.41.